The Kier molecular flexibility index (Phi) is 4.70. The molecule has 0 saturated heterocycles. The van der Waals surface area contributed by atoms with Crippen LogP contribution in [0.3, 0.4) is 0 Å². The van der Waals surface area contributed by atoms with Crippen molar-refractivity contribution in [2.45, 2.75) is 45.7 Å². The monoisotopic (exact) mass is 436 g/mol. The van der Waals surface area contributed by atoms with Crippen molar-refractivity contribution in [2.24, 2.45) is 0 Å². The van der Waals surface area contributed by atoms with Crippen molar-refractivity contribution in [3.8, 4) is 11.6 Å². The Bertz CT molecular complexity index is 1330. The molecular weight excluding hydrogens is 408 g/mol. The number of benzene rings is 1. The molecule has 1 aliphatic heterocycles. The zero-order valence-corrected chi connectivity index (χ0v) is 18.3. The number of amides is 1. The molecule has 0 saturated carbocycles. The number of aromatic nitrogens is 4. The molecule has 4 heterocycles. The molecule has 0 spiro atoms. The lowest BCUT2D eigenvalue weighted by Crippen LogP contribution is -2.18. The quantitative estimate of drug-likeness (QED) is 0.452. The number of carbonyl (C=O) groups excluding carboxylic acids is 1. The van der Waals surface area contributed by atoms with E-state index in [9.17, 15) is 4.79 Å². The maximum Gasteiger partial charge on any atom is 0.331 e. The lowest BCUT2D eigenvalue weighted by molar-refractivity contribution is 0.254. The van der Waals surface area contributed by atoms with Crippen LogP contribution in [0.15, 0.2) is 47.4 Å². The fourth-order valence-electron chi connectivity index (χ4n) is 3.75. The summed E-state index contributed by atoms with van der Waals surface area (Å²) in [4.78, 5) is 21.4. The fourth-order valence-corrected chi connectivity index (χ4v) is 3.75. The molecule has 168 valence electrons. The van der Waals surface area contributed by atoms with Crippen molar-refractivity contribution in [2.75, 3.05) is 5.32 Å². The Morgan fingerprint density at radius 3 is 2.91 bits per heavy atom. The van der Waals surface area contributed by atoms with Crippen molar-refractivity contribution < 1.29 is 16.9 Å². The maximum absolute atomic E-state index is 12.8. The molecule has 4 aromatic rings. The van der Waals surface area contributed by atoms with Gasteiger partial charge in [0.25, 0.3) is 0 Å². The molecule has 2 N–H and O–H groups in total. The largest absolute Gasteiger partial charge is 0.439 e. The van der Waals surface area contributed by atoms with E-state index in [2.05, 4.69) is 32.7 Å². The van der Waals surface area contributed by atoms with E-state index in [0.717, 1.165) is 22.2 Å². The molecular formula is C23H28N6O3. The minimum atomic E-state index is -0.323. The van der Waals surface area contributed by atoms with Crippen LogP contribution in [0, 0.1) is 0 Å². The molecule has 0 aliphatic carbocycles. The third kappa shape index (κ3) is 3.60. The van der Waals surface area contributed by atoms with Gasteiger partial charge in [-0.1, -0.05) is 25.9 Å². The van der Waals surface area contributed by atoms with Gasteiger partial charge in [0, 0.05) is 38.5 Å². The van der Waals surface area contributed by atoms with Crippen LogP contribution in [-0.2, 0) is 12.0 Å². The number of hydrogen-bond donors (Lipinski definition) is 2. The molecule has 5 rings (SSSR count). The second-order valence-electron chi connectivity index (χ2n) is 8.91. The number of anilines is 1. The normalized spacial score (nSPS) is 15.7. The van der Waals surface area contributed by atoms with Gasteiger partial charge in [0.15, 0.2) is 5.82 Å². The van der Waals surface area contributed by atoms with E-state index in [1.54, 1.807) is 12.3 Å². The van der Waals surface area contributed by atoms with E-state index in [4.69, 9.17) is 9.26 Å². The number of ether oxygens (including phenoxy) is 1. The van der Waals surface area contributed by atoms with Crippen LogP contribution in [0.4, 0.5) is 10.6 Å². The van der Waals surface area contributed by atoms with Gasteiger partial charge in [-0.2, -0.15) is 0 Å². The van der Waals surface area contributed by atoms with Crippen LogP contribution in [0.2, 0.25) is 0 Å². The van der Waals surface area contributed by atoms with E-state index in [0.29, 0.717) is 29.8 Å². The summed E-state index contributed by atoms with van der Waals surface area (Å²) >= 11 is 0. The molecule has 0 fully saturated rings. The van der Waals surface area contributed by atoms with Crippen LogP contribution in [-0.4, -0.2) is 25.7 Å². The van der Waals surface area contributed by atoms with Gasteiger partial charge in [-0.25, -0.2) is 14.8 Å². The van der Waals surface area contributed by atoms with Crippen LogP contribution in [0.25, 0.3) is 10.9 Å². The van der Waals surface area contributed by atoms with Crippen LogP contribution < -0.4 is 15.4 Å². The standard InChI is InChI=1S/C23H24N6O3.2H2/c1-13-20-16(11-24-13)25-12-26-21(20)31-15-5-6-17-14(9-15)7-8-29(17)22(30)27-19-10-18(32-28-19)23(2,3)4;;/h5-10,12-13,24H,11H2,1-4H3,(H,27,28,30);2*1H. The predicted molar refractivity (Wildman–Crippen MR) is 123 cm³/mol. The second-order valence-corrected chi connectivity index (χ2v) is 8.91. The minimum absolute atomic E-state index is 0. The summed E-state index contributed by atoms with van der Waals surface area (Å²) in [7, 11) is 0. The van der Waals surface area contributed by atoms with E-state index in [1.807, 2.05) is 45.0 Å². The average Bonchev–Trinajstić information content (AvgIpc) is 3.46. The van der Waals surface area contributed by atoms with Crippen LogP contribution in [0.1, 0.15) is 53.6 Å². The molecule has 9 nitrogen and oxygen atoms in total. The molecule has 1 aliphatic rings. The Balaban J connectivity index is 0.00000162. The first-order valence-corrected chi connectivity index (χ1v) is 10.4. The highest BCUT2D eigenvalue weighted by molar-refractivity contribution is 5.98. The Morgan fingerprint density at radius 1 is 1.28 bits per heavy atom. The van der Waals surface area contributed by atoms with Crippen molar-refractivity contribution in [1.29, 1.82) is 0 Å². The molecule has 32 heavy (non-hydrogen) atoms. The van der Waals surface area contributed by atoms with E-state index in [-0.39, 0.29) is 20.3 Å². The Morgan fingerprint density at radius 2 is 2.12 bits per heavy atom. The Labute approximate surface area is 187 Å². The smallest absolute Gasteiger partial charge is 0.331 e. The minimum Gasteiger partial charge on any atom is -0.439 e. The van der Waals surface area contributed by atoms with Gasteiger partial charge in [0.1, 0.15) is 17.8 Å². The summed E-state index contributed by atoms with van der Waals surface area (Å²) in [6.07, 6.45) is 3.23. The lowest BCUT2D eigenvalue weighted by Gasteiger charge is -2.12. The number of carbonyl (C=O) groups is 1. The summed E-state index contributed by atoms with van der Waals surface area (Å²) < 4.78 is 12.9. The first kappa shape index (κ1) is 20.2. The number of nitrogens with one attached hydrogen (secondary N) is 2. The fraction of sp³-hybridized carbons (Fsp3) is 0.304. The summed E-state index contributed by atoms with van der Waals surface area (Å²) in [5, 5.41) is 10.9. The second kappa shape index (κ2) is 7.45. The molecule has 9 heteroatoms. The molecule has 3 aromatic heterocycles. The topological polar surface area (TPSA) is 107 Å². The molecule has 0 radical (unpaired) electrons. The highest BCUT2D eigenvalue weighted by Gasteiger charge is 2.25. The first-order chi connectivity index (χ1) is 15.3. The average molecular weight is 437 g/mol. The molecule has 1 aromatic carbocycles. The van der Waals surface area contributed by atoms with Gasteiger partial charge in [0.05, 0.1) is 16.8 Å². The van der Waals surface area contributed by atoms with Crippen LogP contribution >= 0.6 is 0 Å². The highest BCUT2D eigenvalue weighted by Crippen LogP contribution is 2.34. The van der Waals surface area contributed by atoms with Crippen molar-refractivity contribution in [3.05, 3.63) is 59.9 Å². The maximum atomic E-state index is 12.8. The van der Waals surface area contributed by atoms with Gasteiger partial charge in [-0.15, -0.1) is 0 Å². The van der Waals surface area contributed by atoms with Gasteiger partial charge >= 0.3 is 6.03 Å². The number of nitrogens with zero attached hydrogens (tertiary/aromatic N) is 4. The summed E-state index contributed by atoms with van der Waals surface area (Å²) in [5.41, 5.74) is 2.49. The number of fused-ring (bicyclic) bond motifs is 2. The molecule has 1 atom stereocenters. The number of hydrogen-bond acceptors (Lipinski definition) is 7. The zero-order chi connectivity index (χ0) is 22.5. The number of rotatable bonds is 3. The molecule has 1 unspecified atom stereocenters. The van der Waals surface area contributed by atoms with Gasteiger partial charge in [0.2, 0.25) is 5.88 Å². The van der Waals surface area contributed by atoms with E-state index < -0.39 is 0 Å². The molecule has 1 amide bonds. The molecule has 0 bridgehead atoms. The van der Waals surface area contributed by atoms with Gasteiger partial charge < -0.3 is 14.6 Å². The zero-order valence-electron chi connectivity index (χ0n) is 18.3. The predicted octanol–water partition coefficient (Wildman–Crippen LogP) is 5.25. The summed E-state index contributed by atoms with van der Waals surface area (Å²) in [6.45, 7) is 8.82. The van der Waals surface area contributed by atoms with Crippen molar-refractivity contribution in [3.63, 3.8) is 0 Å². The van der Waals surface area contributed by atoms with Crippen LogP contribution in [0.5, 0.6) is 11.6 Å². The third-order valence-corrected chi connectivity index (χ3v) is 5.52. The lowest BCUT2D eigenvalue weighted by atomic mass is 9.93. The van der Waals surface area contributed by atoms with E-state index >= 15 is 0 Å². The third-order valence-electron chi connectivity index (χ3n) is 5.52. The van der Waals surface area contributed by atoms with Crippen molar-refractivity contribution in [1.82, 2.24) is 25.0 Å². The van der Waals surface area contributed by atoms with Gasteiger partial charge in [-0.05, 0) is 31.2 Å². The SMILES string of the molecule is CC1NCc2ncnc(Oc3ccc4c(ccn4C(=O)Nc4cc(C(C)(C)C)on4)c3)c21.[HH].[HH]. The summed E-state index contributed by atoms with van der Waals surface area (Å²) in [6, 6.07) is 8.96. The highest BCUT2D eigenvalue weighted by atomic mass is 16.5. The Hall–Kier alpha value is -3.72. The van der Waals surface area contributed by atoms with Gasteiger partial charge in [-0.3, -0.25) is 9.88 Å². The first-order valence-electron chi connectivity index (χ1n) is 10.4. The van der Waals surface area contributed by atoms with E-state index in [1.165, 1.54) is 10.9 Å². The van der Waals surface area contributed by atoms with Crippen molar-refractivity contribution >= 4 is 22.8 Å². The summed E-state index contributed by atoms with van der Waals surface area (Å²) in [5.74, 6) is 2.27.